The molecule has 288 valence electrons. The number of nitrogens with zero attached hydrogens (tertiary/aromatic N) is 4. The zero-order valence-electron chi connectivity index (χ0n) is 33.3. The van der Waals surface area contributed by atoms with Crippen molar-refractivity contribution in [2.24, 2.45) is 0 Å². The normalized spacial score (nSPS) is 11.9. The van der Waals surface area contributed by atoms with E-state index in [1.54, 1.807) is 0 Å². The molecule has 0 atom stereocenters. The molecule has 0 spiro atoms. The van der Waals surface area contributed by atoms with E-state index in [-0.39, 0.29) is 0 Å². The van der Waals surface area contributed by atoms with Crippen molar-refractivity contribution in [3.63, 3.8) is 0 Å². The lowest BCUT2D eigenvalue weighted by atomic mass is 9.92. The van der Waals surface area contributed by atoms with Crippen LogP contribution in [0.4, 0.5) is 0 Å². The first kappa shape index (κ1) is 34.5. The summed E-state index contributed by atoms with van der Waals surface area (Å²) in [5, 5.41) is 11.7. The summed E-state index contributed by atoms with van der Waals surface area (Å²) in [6.07, 6.45) is 0. The third-order valence-corrected chi connectivity index (χ3v) is 12.4. The zero-order valence-corrected chi connectivity index (χ0v) is 33.3. The van der Waals surface area contributed by atoms with Gasteiger partial charge in [-0.05, 0) is 92.0 Å². The van der Waals surface area contributed by atoms with Crippen molar-refractivity contribution in [1.29, 1.82) is 0 Å². The van der Waals surface area contributed by atoms with Crippen LogP contribution in [0.1, 0.15) is 0 Å². The zero-order chi connectivity index (χ0) is 40.7. The summed E-state index contributed by atoms with van der Waals surface area (Å²) < 4.78 is 8.91. The van der Waals surface area contributed by atoms with Crippen molar-refractivity contribution in [1.82, 2.24) is 19.5 Å². The Balaban J connectivity index is 1.03. The van der Waals surface area contributed by atoms with E-state index in [1.165, 1.54) is 32.3 Å². The summed E-state index contributed by atoms with van der Waals surface area (Å²) in [7, 11) is 0. The van der Waals surface area contributed by atoms with E-state index in [2.05, 4.69) is 180 Å². The molecule has 0 amide bonds. The van der Waals surface area contributed by atoms with Crippen LogP contribution in [-0.4, -0.2) is 19.5 Å². The molecular weight excluding hydrogens is 757 g/mol. The van der Waals surface area contributed by atoms with Gasteiger partial charge in [-0.15, -0.1) is 0 Å². The van der Waals surface area contributed by atoms with Crippen LogP contribution >= 0.6 is 0 Å². The van der Waals surface area contributed by atoms with E-state index in [0.717, 1.165) is 77.2 Å². The van der Waals surface area contributed by atoms with Gasteiger partial charge in [0.1, 0.15) is 11.2 Å². The Kier molecular flexibility index (Phi) is 7.54. The summed E-state index contributed by atoms with van der Waals surface area (Å²) in [6.45, 7) is 0. The smallest absolute Gasteiger partial charge is 0.164 e. The highest BCUT2D eigenvalue weighted by Gasteiger charge is 2.22. The van der Waals surface area contributed by atoms with E-state index in [4.69, 9.17) is 19.4 Å². The van der Waals surface area contributed by atoms with Gasteiger partial charge in [-0.25, -0.2) is 15.0 Å². The summed E-state index contributed by atoms with van der Waals surface area (Å²) in [5.74, 6) is 1.80. The van der Waals surface area contributed by atoms with Crippen LogP contribution in [0.2, 0.25) is 0 Å². The lowest BCUT2D eigenvalue weighted by molar-refractivity contribution is 0.669. The lowest BCUT2D eigenvalue weighted by Crippen LogP contribution is -2.01. The molecule has 10 aromatic carbocycles. The molecule has 3 aromatic heterocycles. The van der Waals surface area contributed by atoms with Crippen molar-refractivity contribution in [3.05, 3.63) is 206 Å². The van der Waals surface area contributed by atoms with Gasteiger partial charge in [0.2, 0.25) is 0 Å². The van der Waals surface area contributed by atoms with E-state index in [1.807, 2.05) is 30.3 Å². The summed E-state index contributed by atoms with van der Waals surface area (Å²) in [4.78, 5) is 15.8. The number of benzene rings is 10. The Hall–Kier alpha value is -8.41. The van der Waals surface area contributed by atoms with E-state index in [9.17, 15) is 0 Å². The molecular formula is C57H34N4O. The van der Waals surface area contributed by atoms with Crippen LogP contribution in [0.3, 0.4) is 0 Å². The maximum Gasteiger partial charge on any atom is 0.164 e. The third kappa shape index (κ3) is 5.25. The SMILES string of the molecule is c1ccc(-c2nc(-c3cccc4oc5ccc(-c6ccc7c8ccccc8c8ccccc8c7c6)cc5c34)nc(-c3cccc4c3c3ccccc3n4-c3ccccc3)n2)cc1. The van der Waals surface area contributed by atoms with Crippen molar-refractivity contribution >= 4 is 76.1 Å². The predicted molar refractivity (Wildman–Crippen MR) is 256 cm³/mol. The Morgan fingerprint density at radius 2 is 0.823 bits per heavy atom. The van der Waals surface area contributed by atoms with Gasteiger partial charge < -0.3 is 8.98 Å². The second-order valence-electron chi connectivity index (χ2n) is 15.9. The summed E-state index contributed by atoms with van der Waals surface area (Å²) in [6, 6.07) is 72.7. The van der Waals surface area contributed by atoms with Crippen LogP contribution in [-0.2, 0) is 0 Å². The third-order valence-electron chi connectivity index (χ3n) is 12.4. The number of aromatic nitrogens is 4. The molecule has 13 aromatic rings. The number of furan rings is 1. The first-order chi connectivity index (χ1) is 30.7. The van der Waals surface area contributed by atoms with Gasteiger partial charge in [0.15, 0.2) is 17.5 Å². The predicted octanol–water partition coefficient (Wildman–Crippen LogP) is 15.0. The average Bonchev–Trinajstić information content (AvgIpc) is 3.90. The Morgan fingerprint density at radius 1 is 0.306 bits per heavy atom. The van der Waals surface area contributed by atoms with Crippen molar-refractivity contribution in [2.75, 3.05) is 0 Å². The van der Waals surface area contributed by atoms with E-state index in [0.29, 0.717) is 17.5 Å². The van der Waals surface area contributed by atoms with E-state index < -0.39 is 0 Å². The average molecular weight is 791 g/mol. The summed E-state index contributed by atoms with van der Waals surface area (Å²) in [5.41, 5.74) is 9.89. The maximum absolute atomic E-state index is 6.59. The van der Waals surface area contributed by atoms with Crippen LogP contribution in [0.15, 0.2) is 211 Å². The fraction of sp³-hybridized carbons (Fsp3) is 0. The first-order valence-electron chi connectivity index (χ1n) is 20.9. The standard InChI is InChI=1S/C57H34N4O/c1-3-15-35(16-4-1)55-58-56(45-24-13-27-50-53(45)44-23-11-12-26-49(44)61(50)38-17-5-2-6-18-38)60-57(59-55)46-25-14-28-52-54(46)48-34-37(30-32-51(48)62-52)36-29-31-43-41-21-8-7-19-39(41)40-20-9-10-22-42(40)47(43)33-36/h1-34H. The molecule has 0 aliphatic carbocycles. The molecule has 0 N–H and O–H groups in total. The Morgan fingerprint density at radius 3 is 1.53 bits per heavy atom. The van der Waals surface area contributed by atoms with E-state index >= 15 is 0 Å². The number of hydrogen-bond donors (Lipinski definition) is 0. The van der Waals surface area contributed by atoms with Crippen molar-refractivity contribution < 1.29 is 4.42 Å². The molecule has 3 heterocycles. The quantitative estimate of drug-likeness (QED) is 0.163. The number of para-hydroxylation sites is 2. The minimum atomic E-state index is 0.584. The van der Waals surface area contributed by atoms with Gasteiger partial charge in [0, 0.05) is 43.9 Å². The molecule has 5 heteroatoms. The second kappa shape index (κ2) is 13.6. The van der Waals surface area contributed by atoms with Crippen LogP contribution in [0.5, 0.6) is 0 Å². The molecule has 0 fully saturated rings. The molecule has 5 nitrogen and oxygen atoms in total. The highest BCUT2D eigenvalue weighted by Crippen LogP contribution is 2.42. The number of rotatable bonds is 5. The fourth-order valence-corrected chi connectivity index (χ4v) is 9.67. The summed E-state index contributed by atoms with van der Waals surface area (Å²) >= 11 is 0. The van der Waals surface area contributed by atoms with Gasteiger partial charge in [0.25, 0.3) is 0 Å². The molecule has 0 aliphatic rings. The first-order valence-corrected chi connectivity index (χ1v) is 20.9. The molecule has 13 rings (SSSR count). The number of fused-ring (bicyclic) bond motifs is 12. The van der Waals surface area contributed by atoms with Gasteiger partial charge in [-0.3, -0.25) is 0 Å². The van der Waals surface area contributed by atoms with Gasteiger partial charge in [-0.1, -0.05) is 158 Å². The molecule has 0 aliphatic heterocycles. The fourth-order valence-electron chi connectivity index (χ4n) is 9.67. The minimum Gasteiger partial charge on any atom is -0.456 e. The minimum absolute atomic E-state index is 0.584. The number of hydrogen-bond acceptors (Lipinski definition) is 4. The highest BCUT2D eigenvalue weighted by atomic mass is 16.3. The van der Waals surface area contributed by atoms with Gasteiger partial charge in [-0.2, -0.15) is 0 Å². The monoisotopic (exact) mass is 790 g/mol. The Labute approximate surface area is 355 Å². The van der Waals surface area contributed by atoms with Gasteiger partial charge >= 0.3 is 0 Å². The highest BCUT2D eigenvalue weighted by molar-refractivity contribution is 6.26. The second-order valence-corrected chi connectivity index (χ2v) is 15.9. The van der Waals surface area contributed by atoms with Crippen molar-refractivity contribution in [3.8, 4) is 51.0 Å². The maximum atomic E-state index is 6.59. The van der Waals surface area contributed by atoms with Crippen LogP contribution in [0, 0.1) is 0 Å². The molecule has 0 saturated carbocycles. The molecule has 62 heavy (non-hydrogen) atoms. The topological polar surface area (TPSA) is 56.7 Å². The molecule has 0 bridgehead atoms. The largest absolute Gasteiger partial charge is 0.456 e. The lowest BCUT2D eigenvalue weighted by Gasteiger charge is -2.12. The molecule has 0 saturated heterocycles. The van der Waals surface area contributed by atoms with Crippen LogP contribution in [0.25, 0.3) is 127 Å². The molecule has 0 radical (unpaired) electrons. The van der Waals surface area contributed by atoms with Crippen molar-refractivity contribution in [2.45, 2.75) is 0 Å². The Bertz CT molecular complexity index is 3890. The van der Waals surface area contributed by atoms with Crippen LogP contribution < -0.4 is 0 Å². The van der Waals surface area contributed by atoms with Gasteiger partial charge in [0.05, 0.1) is 11.0 Å². The molecule has 0 unspecified atom stereocenters.